The predicted octanol–water partition coefficient (Wildman–Crippen LogP) is 3.33. The SMILES string of the molecule is COc1cc(OC)c([C@@H](c2cc3c(cc2O)OCO3)N2CCCC2)c(OC)c1. The zero-order chi connectivity index (χ0) is 19.7. The number of likely N-dealkylation sites (tertiary alicyclic amines) is 1. The second kappa shape index (κ2) is 7.67. The Hall–Kier alpha value is -2.80. The van der Waals surface area contributed by atoms with E-state index < -0.39 is 0 Å². The Morgan fingerprint density at radius 3 is 2.07 bits per heavy atom. The van der Waals surface area contributed by atoms with E-state index in [0.717, 1.165) is 37.1 Å². The summed E-state index contributed by atoms with van der Waals surface area (Å²) in [6.07, 6.45) is 2.20. The van der Waals surface area contributed by atoms with Crippen LogP contribution in [0.4, 0.5) is 0 Å². The molecule has 4 rings (SSSR count). The lowest BCUT2D eigenvalue weighted by Crippen LogP contribution is -2.27. The molecule has 2 heterocycles. The van der Waals surface area contributed by atoms with Crippen molar-refractivity contribution in [1.29, 1.82) is 0 Å². The first-order chi connectivity index (χ1) is 13.7. The Morgan fingerprint density at radius 1 is 0.893 bits per heavy atom. The number of benzene rings is 2. The molecule has 7 nitrogen and oxygen atoms in total. The van der Waals surface area contributed by atoms with E-state index in [2.05, 4.69) is 4.90 Å². The number of aromatic hydroxyl groups is 1. The van der Waals surface area contributed by atoms with Crippen molar-refractivity contribution in [2.75, 3.05) is 41.2 Å². The smallest absolute Gasteiger partial charge is 0.231 e. The number of hydrogen-bond acceptors (Lipinski definition) is 7. The highest BCUT2D eigenvalue weighted by Crippen LogP contribution is 2.49. The summed E-state index contributed by atoms with van der Waals surface area (Å²) >= 11 is 0. The molecule has 1 N–H and O–H groups in total. The molecule has 0 amide bonds. The summed E-state index contributed by atoms with van der Waals surface area (Å²) in [6, 6.07) is 6.89. The van der Waals surface area contributed by atoms with E-state index in [1.165, 1.54) is 0 Å². The third-order valence-corrected chi connectivity index (χ3v) is 5.35. The summed E-state index contributed by atoms with van der Waals surface area (Å²) in [4.78, 5) is 2.32. The number of ether oxygens (including phenoxy) is 5. The molecule has 7 heteroatoms. The molecular formula is C21H25NO6. The van der Waals surface area contributed by atoms with Crippen LogP contribution in [-0.4, -0.2) is 51.2 Å². The minimum Gasteiger partial charge on any atom is -0.507 e. The molecule has 0 bridgehead atoms. The van der Waals surface area contributed by atoms with Crippen LogP contribution in [0.2, 0.25) is 0 Å². The Balaban J connectivity index is 1.91. The van der Waals surface area contributed by atoms with Crippen molar-refractivity contribution in [3.63, 3.8) is 0 Å². The van der Waals surface area contributed by atoms with Crippen LogP contribution in [0.15, 0.2) is 24.3 Å². The molecule has 0 saturated carbocycles. The van der Waals surface area contributed by atoms with E-state index in [1.807, 2.05) is 18.2 Å². The third-order valence-electron chi connectivity index (χ3n) is 5.35. The molecule has 2 aromatic carbocycles. The quantitative estimate of drug-likeness (QED) is 0.815. The van der Waals surface area contributed by atoms with Gasteiger partial charge in [0, 0.05) is 23.8 Å². The summed E-state index contributed by atoms with van der Waals surface area (Å²) in [6.45, 7) is 1.98. The molecule has 150 valence electrons. The molecule has 2 aliphatic rings. The van der Waals surface area contributed by atoms with Crippen LogP contribution in [0.3, 0.4) is 0 Å². The van der Waals surface area contributed by atoms with E-state index in [1.54, 1.807) is 27.4 Å². The summed E-state index contributed by atoms with van der Waals surface area (Å²) < 4.78 is 27.8. The number of nitrogens with zero attached hydrogens (tertiary/aromatic N) is 1. The Morgan fingerprint density at radius 2 is 1.50 bits per heavy atom. The van der Waals surface area contributed by atoms with Crippen LogP contribution in [0.5, 0.6) is 34.5 Å². The van der Waals surface area contributed by atoms with Gasteiger partial charge < -0.3 is 28.8 Å². The average Bonchev–Trinajstić information content (AvgIpc) is 3.40. The van der Waals surface area contributed by atoms with Gasteiger partial charge in [-0.25, -0.2) is 0 Å². The Bertz CT molecular complexity index is 837. The monoisotopic (exact) mass is 387 g/mol. The largest absolute Gasteiger partial charge is 0.507 e. The van der Waals surface area contributed by atoms with Crippen molar-refractivity contribution in [3.8, 4) is 34.5 Å². The summed E-state index contributed by atoms with van der Waals surface area (Å²) in [7, 11) is 4.85. The summed E-state index contributed by atoms with van der Waals surface area (Å²) in [5, 5.41) is 10.8. The van der Waals surface area contributed by atoms with Crippen LogP contribution in [-0.2, 0) is 0 Å². The van der Waals surface area contributed by atoms with Crippen molar-refractivity contribution in [3.05, 3.63) is 35.4 Å². The molecular weight excluding hydrogens is 362 g/mol. The van der Waals surface area contributed by atoms with Gasteiger partial charge in [0.25, 0.3) is 0 Å². The van der Waals surface area contributed by atoms with E-state index in [4.69, 9.17) is 23.7 Å². The highest BCUT2D eigenvalue weighted by atomic mass is 16.7. The van der Waals surface area contributed by atoms with Gasteiger partial charge in [0.15, 0.2) is 11.5 Å². The number of methoxy groups -OCH3 is 3. The highest BCUT2D eigenvalue weighted by molar-refractivity contribution is 5.59. The molecule has 2 aliphatic heterocycles. The molecule has 0 spiro atoms. The fourth-order valence-electron chi connectivity index (χ4n) is 4.00. The molecule has 28 heavy (non-hydrogen) atoms. The van der Waals surface area contributed by atoms with Crippen molar-refractivity contribution in [2.24, 2.45) is 0 Å². The number of phenolic OH excluding ortho intramolecular Hbond substituents is 1. The number of hydrogen-bond donors (Lipinski definition) is 1. The minimum absolute atomic E-state index is 0.154. The number of rotatable bonds is 6. The number of phenols is 1. The lowest BCUT2D eigenvalue weighted by atomic mass is 9.94. The van der Waals surface area contributed by atoms with Crippen molar-refractivity contribution in [2.45, 2.75) is 18.9 Å². The van der Waals surface area contributed by atoms with Crippen LogP contribution < -0.4 is 23.7 Å². The van der Waals surface area contributed by atoms with Crippen molar-refractivity contribution in [1.82, 2.24) is 4.90 Å². The van der Waals surface area contributed by atoms with Gasteiger partial charge in [-0.05, 0) is 32.0 Å². The fraction of sp³-hybridized carbons (Fsp3) is 0.429. The molecule has 1 fully saturated rings. The fourth-order valence-corrected chi connectivity index (χ4v) is 4.00. The maximum Gasteiger partial charge on any atom is 0.231 e. The van der Waals surface area contributed by atoms with Gasteiger partial charge in [0.1, 0.15) is 23.0 Å². The van der Waals surface area contributed by atoms with E-state index in [9.17, 15) is 5.11 Å². The van der Waals surface area contributed by atoms with Crippen molar-refractivity contribution < 1.29 is 28.8 Å². The highest BCUT2D eigenvalue weighted by Gasteiger charge is 2.34. The average molecular weight is 387 g/mol. The van der Waals surface area contributed by atoms with Crippen molar-refractivity contribution >= 4 is 0 Å². The predicted molar refractivity (Wildman–Crippen MR) is 103 cm³/mol. The molecule has 0 unspecified atom stereocenters. The Labute approximate surface area is 164 Å². The summed E-state index contributed by atoms with van der Waals surface area (Å²) in [5.74, 6) is 3.27. The number of fused-ring (bicyclic) bond motifs is 1. The first-order valence-corrected chi connectivity index (χ1v) is 9.32. The normalized spacial score (nSPS) is 16.8. The Kier molecular flexibility index (Phi) is 5.09. The van der Waals surface area contributed by atoms with E-state index >= 15 is 0 Å². The van der Waals surface area contributed by atoms with Crippen LogP contribution in [0.25, 0.3) is 0 Å². The third kappa shape index (κ3) is 3.16. The topological polar surface area (TPSA) is 69.6 Å². The second-order valence-corrected chi connectivity index (χ2v) is 6.86. The van der Waals surface area contributed by atoms with Gasteiger partial charge in [-0.1, -0.05) is 0 Å². The first kappa shape index (κ1) is 18.6. The zero-order valence-corrected chi connectivity index (χ0v) is 16.4. The van der Waals surface area contributed by atoms with Crippen LogP contribution in [0.1, 0.15) is 30.0 Å². The molecule has 0 radical (unpaired) electrons. The molecule has 1 atom stereocenters. The van der Waals surface area contributed by atoms with Gasteiger partial charge in [0.2, 0.25) is 6.79 Å². The maximum absolute atomic E-state index is 10.8. The molecule has 2 aromatic rings. The standard InChI is InChI=1S/C21H25NO6/c1-24-13-8-18(25-2)20(19(9-13)26-3)21(22-6-4-5-7-22)14-10-16-17(11-15(14)23)28-12-27-16/h8-11,21,23H,4-7,12H2,1-3H3/t21-/m1/s1. The maximum atomic E-state index is 10.8. The summed E-state index contributed by atoms with van der Waals surface area (Å²) in [5.41, 5.74) is 1.58. The molecule has 0 aromatic heterocycles. The molecule has 1 saturated heterocycles. The minimum atomic E-state index is -0.257. The second-order valence-electron chi connectivity index (χ2n) is 6.86. The van der Waals surface area contributed by atoms with Gasteiger partial charge in [-0.3, -0.25) is 4.90 Å². The van der Waals surface area contributed by atoms with Crippen LogP contribution in [0, 0.1) is 0 Å². The van der Waals surface area contributed by atoms with Gasteiger partial charge >= 0.3 is 0 Å². The van der Waals surface area contributed by atoms with E-state index in [0.29, 0.717) is 28.7 Å². The van der Waals surface area contributed by atoms with Gasteiger partial charge in [-0.15, -0.1) is 0 Å². The first-order valence-electron chi connectivity index (χ1n) is 9.32. The van der Waals surface area contributed by atoms with Gasteiger partial charge in [-0.2, -0.15) is 0 Å². The van der Waals surface area contributed by atoms with Crippen LogP contribution >= 0.6 is 0 Å². The zero-order valence-electron chi connectivity index (χ0n) is 16.4. The van der Waals surface area contributed by atoms with Gasteiger partial charge in [0.05, 0.1) is 32.9 Å². The lowest BCUT2D eigenvalue weighted by Gasteiger charge is -2.31. The van der Waals surface area contributed by atoms with E-state index in [-0.39, 0.29) is 18.6 Å². The molecule has 0 aliphatic carbocycles. The lowest BCUT2D eigenvalue weighted by molar-refractivity contribution is 0.173.